The highest BCUT2D eigenvalue weighted by Gasteiger charge is 2.26. The molecule has 1 amide bonds. The van der Waals surface area contributed by atoms with E-state index >= 15 is 0 Å². The smallest absolute Gasteiger partial charge is 0.326 e. The predicted molar refractivity (Wildman–Crippen MR) is 50.1 cm³/mol. The molecule has 1 saturated heterocycles. The summed E-state index contributed by atoms with van der Waals surface area (Å²) in [7, 11) is 0. The minimum absolute atomic E-state index is 0.0694. The molecule has 86 valence electrons. The SMILES string of the molecule is NCCC(=O)O.O=C1CC[C@@H](C(=O)O)N1. The maximum atomic E-state index is 10.4. The number of hydrogen-bond acceptors (Lipinski definition) is 4. The zero-order valence-corrected chi connectivity index (χ0v) is 8.10. The molecule has 7 nitrogen and oxygen atoms in total. The van der Waals surface area contributed by atoms with Crippen molar-refractivity contribution in [3.05, 3.63) is 0 Å². The Bertz CT molecular complexity index is 253. The Labute approximate surface area is 86.3 Å². The Balaban J connectivity index is 0.000000288. The second-order valence-corrected chi connectivity index (χ2v) is 2.93. The van der Waals surface area contributed by atoms with Gasteiger partial charge < -0.3 is 21.3 Å². The van der Waals surface area contributed by atoms with E-state index in [0.29, 0.717) is 12.8 Å². The second kappa shape index (κ2) is 6.77. The fourth-order valence-electron chi connectivity index (χ4n) is 0.923. The summed E-state index contributed by atoms with van der Waals surface area (Å²) < 4.78 is 0. The molecule has 0 saturated carbocycles. The third-order valence-electron chi connectivity index (χ3n) is 1.65. The molecule has 1 aliphatic rings. The predicted octanol–water partition coefficient (Wildman–Crippen LogP) is -1.23. The molecule has 0 unspecified atom stereocenters. The zero-order valence-electron chi connectivity index (χ0n) is 8.10. The van der Waals surface area contributed by atoms with Crippen molar-refractivity contribution in [3.63, 3.8) is 0 Å². The first-order valence-corrected chi connectivity index (χ1v) is 4.41. The Morgan fingerprint density at radius 3 is 2.20 bits per heavy atom. The number of hydrogen-bond donors (Lipinski definition) is 4. The van der Waals surface area contributed by atoms with E-state index < -0.39 is 18.0 Å². The maximum Gasteiger partial charge on any atom is 0.326 e. The quantitative estimate of drug-likeness (QED) is 0.469. The van der Waals surface area contributed by atoms with Crippen LogP contribution in [-0.2, 0) is 14.4 Å². The lowest BCUT2D eigenvalue weighted by molar-refractivity contribution is -0.140. The monoisotopic (exact) mass is 218 g/mol. The van der Waals surface area contributed by atoms with Crippen molar-refractivity contribution in [2.24, 2.45) is 5.73 Å². The summed E-state index contributed by atoms with van der Waals surface area (Å²) in [5.41, 5.74) is 4.85. The highest BCUT2D eigenvalue weighted by molar-refractivity contribution is 5.87. The lowest BCUT2D eigenvalue weighted by Crippen LogP contribution is -2.32. The molecular weight excluding hydrogens is 204 g/mol. The summed E-state index contributed by atoms with van der Waals surface area (Å²) in [6.45, 7) is 0.231. The molecule has 0 bridgehead atoms. The second-order valence-electron chi connectivity index (χ2n) is 2.93. The third kappa shape index (κ3) is 6.44. The van der Waals surface area contributed by atoms with Gasteiger partial charge in [0.2, 0.25) is 5.91 Å². The van der Waals surface area contributed by atoms with Crippen LogP contribution in [0.2, 0.25) is 0 Å². The highest BCUT2D eigenvalue weighted by atomic mass is 16.4. The molecule has 1 rings (SSSR count). The average molecular weight is 218 g/mol. The van der Waals surface area contributed by atoms with Gasteiger partial charge in [-0.1, -0.05) is 0 Å². The molecular formula is C8H14N2O5. The Morgan fingerprint density at radius 2 is 2.07 bits per heavy atom. The maximum absolute atomic E-state index is 10.4. The van der Waals surface area contributed by atoms with E-state index in [1.54, 1.807) is 0 Å². The topological polar surface area (TPSA) is 130 Å². The van der Waals surface area contributed by atoms with Crippen molar-refractivity contribution in [2.45, 2.75) is 25.3 Å². The average Bonchev–Trinajstić information content (AvgIpc) is 2.52. The summed E-state index contributed by atoms with van der Waals surface area (Å²) in [5, 5.41) is 18.5. The van der Waals surface area contributed by atoms with Gasteiger partial charge in [-0.05, 0) is 6.42 Å². The first-order chi connectivity index (χ1) is 6.97. The minimum Gasteiger partial charge on any atom is -0.481 e. The number of nitrogens with two attached hydrogens (primary N) is 1. The number of amides is 1. The first-order valence-electron chi connectivity index (χ1n) is 4.41. The van der Waals surface area contributed by atoms with E-state index in [0.717, 1.165) is 0 Å². The van der Waals surface area contributed by atoms with Crippen LogP contribution in [0.25, 0.3) is 0 Å². The van der Waals surface area contributed by atoms with Gasteiger partial charge in [0.05, 0.1) is 6.42 Å². The number of aliphatic carboxylic acids is 2. The van der Waals surface area contributed by atoms with Gasteiger partial charge in [-0.2, -0.15) is 0 Å². The van der Waals surface area contributed by atoms with Crippen molar-refractivity contribution in [1.29, 1.82) is 0 Å². The summed E-state index contributed by atoms with van der Waals surface area (Å²) in [4.78, 5) is 30.0. The van der Waals surface area contributed by atoms with E-state index in [4.69, 9.17) is 15.9 Å². The van der Waals surface area contributed by atoms with Crippen molar-refractivity contribution in [3.8, 4) is 0 Å². The Hall–Kier alpha value is -1.63. The molecule has 1 fully saturated rings. The van der Waals surface area contributed by atoms with E-state index in [1.807, 2.05) is 0 Å². The Morgan fingerprint density at radius 1 is 1.47 bits per heavy atom. The van der Waals surface area contributed by atoms with Crippen LogP contribution < -0.4 is 11.1 Å². The van der Waals surface area contributed by atoms with Gasteiger partial charge in [-0.3, -0.25) is 9.59 Å². The molecule has 0 aliphatic carbocycles. The molecule has 0 aromatic heterocycles. The van der Waals surface area contributed by atoms with Crippen molar-refractivity contribution < 1.29 is 24.6 Å². The van der Waals surface area contributed by atoms with Gasteiger partial charge >= 0.3 is 11.9 Å². The third-order valence-corrected chi connectivity index (χ3v) is 1.65. The van der Waals surface area contributed by atoms with Gasteiger partial charge in [-0.15, -0.1) is 0 Å². The van der Waals surface area contributed by atoms with E-state index in [-0.39, 0.29) is 18.9 Å². The van der Waals surface area contributed by atoms with Crippen LogP contribution in [0, 0.1) is 0 Å². The van der Waals surface area contributed by atoms with Crippen LogP contribution >= 0.6 is 0 Å². The first kappa shape index (κ1) is 13.4. The molecule has 15 heavy (non-hydrogen) atoms. The molecule has 0 radical (unpaired) electrons. The molecule has 1 aliphatic heterocycles. The number of carbonyl (C=O) groups excluding carboxylic acids is 1. The van der Waals surface area contributed by atoms with Crippen LogP contribution in [0.15, 0.2) is 0 Å². The minimum atomic E-state index is -0.944. The zero-order chi connectivity index (χ0) is 11.8. The molecule has 5 N–H and O–H groups in total. The van der Waals surface area contributed by atoms with E-state index in [9.17, 15) is 14.4 Å². The van der Waals surface area contributed by atoms with E-state index in [1.165, 1.54) is 0 Å². The van der Waals surface area contributed by atoms with Crippen molar-refractivity contribution in [2.75, 3.05) is 6.54 Å². The van der Waals surface area contributed by atoms with Crippen molar-refractivity contribution in [1.82, 2.24) is 5.32 Å². The summed E-state index contributed by atoms with van der Waals surface area (Å²) >= 11 is 0. The number of nitrogens with one attached hydrogen (secondary N) is 1. The molecule has 1 heterocycles. The van der Waals surface area contributed by atoms with Crippen molar-refractivity contribution >= 4 is 17.8 Å². The standard InChI is InChI=1S/C5H7NO3.C3H7NO2/c7-4-2-1-3(6-4)5(8)9;4-2-1-3(5)6/h3H,1-2H2,(H,6,7)(H,8,9);1-2,4H2,(H,5,6)/t3-;/m0./s1. The molecule has 7 heteroatoms. The molecule has 0 aromatic carbocycles. The lowest BCUT2D eigenvalue weighted by atomic mass is 10.2. The molecule has 0 aromatic rings. The van der Waals surface area contributed by atoms with Crippen LogP contribution in [0.1, 0.15) is 19.3 Å². The van der Waals surface area contributed by atoms with Gasteiger partial charge in [0.1, 0.15) is 6.04 Å². The van der Waals surface area contributed by atoms with Gasteiger partial charge in [0.15, 0.2) is 0 Å². The van der Waals surface area contributed by atoms with E-state index in [2.05, 4.69) is 5.32 Å². The summed E-state index contributed by atoms with van der Waals surface area (Å²) in [6, 6.07) is -0.641. The summed E-state index contributed by atoms with van der Waals surface area (Å²) in [5.74, 6) is -1.94. The molecule has 0 spiro atoms. The van der Waals surface area contributed by atoms with Crippen LogP contribution in [-0.4, -0.2) is 40.6 Å². The number of carbonyl (C=O) groups is 3. The highest BCUT2D eigenvalue weighted by Crippen LogP contribution is 2.05. The Kier molecular flexibility index (Phi) is 6.03. The lowest BCUT2D eigenvalue weighted by Gasteiger charge is -1.99. The number of carboxylic acids is 2. The van der Waals surface area contributed by atoms with Crippen LogP contribution in [0.5, 0.6) is 0 Å². The van der Waals surface area contributed by atoms with Gasteiger partial charge in [0, 0.05) is 13.0 Å². The van der Waals surface area contributed by atoms with Gasteiger partial charge in [-0.25, -0.2) is 4.79 Å². The summed E-state index contributed by atoms with van der Waals surface area (Å²) in [6.07, 6.45) is 0.838. The number of carboxylic acid groups (broad SMARTS) is 2. The molecule has 1 atom stereocenters. The number of rotatable bonds is 3. The largest absolute Gasteiger partial charge is 0.481 e. The normalized spacial score (nSPS) is 18.7. The van der Waals surface area contributed by atoms with Crippen LogP contribution in [0.4, 0.5) is 0 Å². The fourth-order valence-corrected chi connectivity index (χ4v) is 0.923. The van der Waals surface area contributed by atoms with Gasteiger partial charge in [0.25, 0.3) is 0 Å². The van der Waals surface area contributed by atoms with Crippen LogP contribution in [0.3, 0.4) is 0 Å². The fraction of sp³-hybridized carbons (Fsp3) is 0.625.